The van der Waals surface area contributed by atoms with Crippen molar-refractivity contribution in [2.45, 2.75) is 45.5 Å². The molecule has 1 fully saturated rings. The van der Waals surface area contributed by atoms with Crippen molar-refractivity contribution in [3.8, 4) is 0 Å². The molecule has 0 aromatic carbocycles. The van der Waals surface area contributed by atoms with Crippen LogP contribution in [0.1, 0.15) is 33.6 Å². The average molecular weight is 144 g/mol. The molecule has 2 atom stereocenters. The molecule has 0 spiro atoms. The Morgan fingerprint density at radius 1 is 1.60 bits per heavy atom. The normalized spacial score (nSPS) is 38.4. The van der Waals surface area contributed by atoms with Gasteiger partial charge >= 0.3 is 0 Å². The molecule has 0 radical (unpaired) electrons. The molecule has 10 heavy (non-hydrogen) atoms. The molecule has 2 heteroatoms. The van der Waals surface area contributed by atoms with Crippen LogP contribution < -0.4 is 0 Å². The number of aliphatic hydroxyl groups excluding tert-OH is 1. The van der Waals surface area contributed by atoms with E-state index in [9.17, 15) is 5.11 Å². The van der Waals surface area contributed by atoms with Gasteiger partial charge in [-0.1, -0.05) is 6.92 Å². The van der Waals surface area contributed by atoms with E-state index in [4.69, 9.17) is 4.74 Å². The smallest absolute Gasteiger partial charge is 0.158 e. The lowest BCUT2D eigenvalue weighted by molar-refractivity contribution is -0.135. The highest BCUT2D eigenvalue weighted by Crippen LogP contribution is 2.34. The van der Waals surface area contributed by atoms with Gasteiger partial charge in [0.1, 0.15) is 0 Å². The third-order valence-corrected chi connectivity index (χ3v) is 2.12. The van der Waals surface area contributed by atoms with Crippen LogP contribution in [-0.2, 0) is 4.74 Å². The van der Waals surface area contributed by atoms with Gasteiger partial charge in [0.15, 0.2) is 6.29 Å². The van der Waals surface area contributed by atoms with Crippen molar-refractivity contribution in [3.63, 3.8) is 0 Å². The van der Waals surface area contributed by atoms with Gasteiger partial charge in [-0.15, -0.1) is 0 Å². The van der Waals surface area contributed by atoms with Crippen molar-refractivity contribution in [3.05, 3.63) is 0 Å². The zero-order chi connectivity index (χ0) is 7.78. The second-order valence-electron chi connectivity index (χ2n) is 3.64. The van der Waals surface area contributed by atoms with Gasteiger partial charge < -0.3 is 9.84 Å². The van der Waals surface area contributed by atoms with Crippen LogP contribution in [0.2, 0.25) is 0 Å². The molecule has 0 aliphatic carbocycles. The molecule has 1 aliphatic rings. The number of rotatable bonds is 1. The molecule has 1 saturated heterocycles. The molecule has 0 saturated carbocycles. The zero-order valence-electron chi connectivity index (χ0n) is 6.92. The molecular formula is C8H16O2. The topological polar surface area (TPSA) is 29.5 Å². The summed E-state index contributed by atoms with van der Waals surface area (Å²) in [6, 6.07) is 0. The summed E-state index contributed by atoms with van der Waals surface area (Å²) in [5, 5.41) is 9.30. The first-order valence-corrected chi connectivity index (χ1v) is 3.91. The molecule has 1 rings (SSSR count). The highest BCUT2D eigenvalue weighted by Gasteiger charge is 2.37. The van der Waals surface area contributed by atoms with Crippen LogP contribution in [0.4, 0.5) is 0 Å². The summed E-state index contributed by atoms with van der Waals surface area (Å²) in [4.78, 5) is 0. The minimum atomic E-state index is -0.528. The molecule has 0 bridgehead atoms. The van der Waals surface area contributed by atoms with Gasteiger partial charge in [0.25, 0.3) is 0 Å². The van der Waals surface area contributed by atoms with E-state index in [1.54, 1.807) is 0 Å². The molecule has 2 nitrogen and oxygen atoms in total. The lowest BCUT2D eigenvalue weighted by atomic mass is 9.95. The van der Waals surface area contributed by atoms with Gasteiger partial charge in [-0.3, -0.25) is 0 Å². The van der Waals surface area contributed by atoms with Crippen molar-refractivity contribution in [2.24, 2.45) is 5.92 Å². The Morgan fingerprint density at radius 2 is 2.20 bits per heavy atom. The summed E-state index contributed by atoms with van der Waals surface area (Å²) in [5.41, 5.74) is -0.111. The lowest BCUT2D eigenvalue weighted by Crippen LogP contribution is -2.19. The Kier molecular flexibility index (Phi) is 2.02. The van der Waals surface area contributed by atoms with Crippen molar-refractivity contribution in [2.75, 3.05) is 0 Å². The van der Waals surface area contributed by atoms with Gasteiger partial charge in [0.05, 0.1) is 5.60 Å². The van der Waals surface area contributed by atoms with Gasteiger partial charge in [-0.05, 0) is 26.7 Å². The Morgan fingerprint density at radius 3 is 2.40 bits per heavy atom. The molecule has 60 valence electrons. The molecule has 0 amide bonds. The summed E-state index contributed by atoms with van der Waals surface area (Å²) in [7, 11) is 0. The van der Waals surface area contributed by atoms with E-state index in [0.717, 1.165) is 12.8 Å². The number of hydrogen-bond donors (Lipinski definition) is 1. The van der Waals surface area contributed by atoms with Gasteiger partial charge in [0.2, 0.25) is 0 Å². The van der Waals surface area contributed by atoms with E-state index in [-0.39, 0.29) is 5.60 Å². The van der Waals surface area contributed by atoms with E-state index < -0.39 is 6.29 Å². The predicted octanol–water partition coefficient (Wildman–Crippen LogP) is 1.53. The molecule has 1 heterocycles. The zero-order valence-corrected chi connectivity index (χ0v) is 6.92. The van der Waals surface area contributed by atoms with Crippen LogP contribution in [0.25, 0.3) is 0 Å². The first-order chi connectivity index (χ1) is 4.55. The third-order valence-electron chi connectivity index (χ3n) is 2.12. The number of hydrogen-bond acceptors (Lipinski definition) is 2. The second-order valence-corrected chi connectivity index (χ2v) is 3.64. The van der Waals surface area contributed by atoms with Crippen molar-refractivity contribution < 1.29 is 9.84 Å². The second kappa shape index (κ2) is 2.51. The van der Waals surface area contributed by atoms with Crippen molar-refractivity contribution in [1.82, 2.24) is 0 Å². The average Bonchev–Trinajstić information content (AvgIpc) is 2.05. The minimum absolute atomic E-state index is 0.111. The lowest BCUT2D eigenvalue weighted by Gasteiger charge is -2.15. The monoisotopic (exact) mass is 144 g/mol. The molecule has 1 N–H and O–H groups in total. The molecule has 0 aromatic rings. The Hall–Kier alpha value is -0.0800. The minimum Gasteiger partial charge on any atom is -0.368 e. The largest absolute Gasteiger partial charge is 0.368 e. The number of aliphatic hydroxyl groups is 1. The maximum atomic E-state index is 9.30. The highest BCUT2D eigenvalue weighted by atomic mass is 16.6. The molecule has 0 aromatic heterocycles. The van der Waals surface area contributed by atoms with Crippen LogP contribution >= 0.6 is 0 Å². The highest BCUT2D eigenvalue weighted by molar-refractivity contribution is 4.82. The molecule has 2 unspecified atom stereocenters. The Labute approximate surface area is 62.2 Å². The summed E-state index contributed by atoms with van der Waals surface area (Å²) < 4.78 is 5.31. The first kappa shape index (κ1) is 8.02. The molecular weight excluding hydrogens is 128 g/mol. The van der Waals surface area contributed by atoms with E-state index in [2.05, 4.69) is 6.92 Å². The van der Waals surface area contributed by atoms with Crippen molar-refractivity contribution >= 4 is 0 Å². The molecule has 1 aliphatic heterocycles. The van der Waals surface area contributed by atoms with Crippen LogP contribution in [0, 0.1) is 5.92 Å². The quantitative estimate of drug-likeness (QED) is 0.604. The summed E-state index contributed by atoms with van der Waals surface area (Å²) >= 11 is 0. The number of ether oxygens (including phenoxy) is 1. The third kappa shape index (κ3) is 1.50. The first-order valence-electron chi connectivity index (χ1n) is 3.91. The standard InChI is InChI=1S/C8H16O2/c1-4-6-5-8(2,3)10-7(6)9/h6-7,9H,4-5H2,1-3H3. The fraction of sp³-hybridized carbons (Fsp3) is 1.00. The maximum absolute atomic E-state index is 9.30. The summed E-state index contributed by atoms with van der Waals surface area (Å²) in [5.74, 6) is 0.343. The van der Waals surface area contributed by atoms with E-state index >= 15 is 0 Å². The Bertz CT molecular complexity index is 120. The summed E-state index contributed by atoms with van der Waals surface area (Å²) in [6.07, 6.45) is 1.45. The van der Waals surface area contributed by atoms with Crippen molar-refractivity contribution in [1.29, 1.82) is 0 Å². The van der Waals surface area contributed by atoms with E-state index in [1.165, 1.54) is 0 Å². The van der Waals surface area contributed by atoms with Crippen LogP contribution in [0.5, 0.6) is 0 Å². The van der Waals surface area contributed by atoms with E-state index in [0.29, 0.717) is 5.92 Å². The van der Waals surface area contributed by atoms with Crippen LogP contribution in [0.15, 0.2) is 0 Å². The fourth-order valence-corrected chi connectivity index (χ4v) is 1.55. The SMILES string of the molecule is CCC1CC(C)(C)OC1O. The Balaban J connectivity index is 2.52. The fourth-order valence-electron chi connectivity index (χ4n) is 1.55. The maximum Gasteiger partial charge on any atom is 0.158 e. The predicted molar refractivity (Wildman–Crippen MR) is 39.6 cm³/mol. The van der Waals surface area contributed by atoms with Gasteiger partial charge in [0, 0.05) is 5.92 Å². The van der Waals surface area contributed by atoms with Crippen LogP contribution in [0.3, 0.4) is 0 Å². The van der Waals surface area contributed by atoms with Gasteiger partial charge in [-0.25, -0.2) is 0 Å². The van der Waals surface area contributed by atoms with Crippen LogP contribution in [-0.4, -0.2) is 17.0 Å². The van der Waals surface area contributed by atoms with E-state index in [1.807, 2.05) is 13.8 Å². The summed E-state index contributed by atoms with van der Waals surface area (Å²) in [6.45, 7) is 6.12. The van der Waals surface area contributed by atoms with Gasteiger partial charge in [-0.2, -0.15) is 0 Å².